The van der Waals surface area contributed by atoms with Crippen LogP contribution in [0.25, 0.3) is 0 Å². The van der Waals surface area contributed by atoms with Gasteiger partial charge in [0.2, 0.25) is 5.91 Å². The fourth-order valence-corrected chi connectivity index (χ4v) is 5.33. The van der Waals surface area contributed by atoms with Crippen molar-refractivity contribution in [1.82, 2.24) is 9.80 Å². The molecule has 5 nitrogen and oxygen atoms in total. The third-order valence-corrected chi connectivity index (χ3v) is 7.50. The average Bonchev–Trinajstić information content (AvgIpc) is 3.34. The number of benzene rings is 2. The predicted octanol–water partition coefficient (Wildman–Crippen LogP) is 5.89. The number of nitrogens with zero attached hydrogens (tertiary/aromatic N) is 2. The van der Waals surface area contributed by atoms with Crippen molar-refractivity contribution >= 4 is 23.2 Å². The van der Waals surface area contributed by atoms with Crippen molar-refractivity contribution in [3.63, 3.8) is 0 Å². The number of hydrogen-bond acceptors (Lipinski definition) is 4. The summed E-state index contributed by atoms with van der Waals surface area (Å²) < 4.78 is 19.6. The smallest absolute Gasteiger partial charge is 0.254 e. The quantitative estimate of drug-likeness (QED) is 0.362. The van der Waals surface area contributed by atoms with E-state index in [2.05, 4.69) is 13.8 Å². The second kappa shape index (κ2) is 11.7. The Balaban J connectivity index is 1.53. The molecule has 0 radical (unpaired) electrons. The number of aryl methyl sites for hydroxylation is 1. The summed E-state index contributed by atoms with van der Waals surface area (Å²) in [4.78, 5) is 31.8. The Morgan fingerprint density at radius 1 is 1.17 bits per heavy atom. The Morgan fingerprint density at radius 3 is 2.67 bits per heavy atom. The van der Waals surface area contributed by atoms with Gasteiger partial charge in [-0.3, -0.25) is 9.59 Å². The van der Waals surface area contributed by atoms with Gasteiger partial charge in [-0.2, -0.15) is 0 Å². The minimum atomic E-state index is -0.365. The summed E-state index contributed by atoms with van der Waals surface area (Å²) in [5.41, 5.74) is 2.73. The SMILES string of the molecule is Cc1ccc(C(=O)N(CCC(C)C)CC(=O)N2CCc3sccc3[C@@H]2COc2cccc(F)c2)cc1. The van der Waals surface area contributed by atoms with Gasteiger partial charge in [-0.15, -0.1) is 11.3 Å². The lowest BCUT2D eigenvalue weighted by molar-refractivity contribution is -0.135. The number of thiophene rings is 1. The first-order chi connectivity index (χ1) is 17.3. The Kier molecular flexibility index (Phi) is 8.41. The van der Waals surface area contributed by atoms with Crippen LogP contribution in [0.1, 0.15) is 52.7 Å². The maximum absolute atomic E-state index is 13.7. The van der Waals surface area contributed by atoms with Crippen molar-refractivity contribution in [3.8, 4) is 5.75 Å². The van der Waals surface area contributed by atoms with Gasteiger partial charge in [0.05, 0.1) is 6.04 Å². The van der Waals surface area contributed by atoms with Crippen LogP contribution in [0.3, 0.4) is 0 Å². The summed E-state index contributed by atoms with van der Waals surface area (Å²) >= 11 is 1.68. The zero-order valence-electron chi connectivity index (χ0n) is 21.1. The molecule has 190 valence electrons. The van der Waals surface area contributed by atoms with Crippen molar-refractivity contribution in [3.05, 3.63) is 87.4 Å². The van der Waals surface area contributed by atoms with Crippen molar-refractivity contribution in [2.24, 2.45) is 5.92 Å². The van der Waals surface area contributed by atoms with Gasteiger partial charge < -0.3 is 14.5 Å². The Hall–Kier alpha value is -3.19. The number of carbonyl (C=O) groups excluding carboxylic acids is 2. The third-order valence-electron chi connectivity index (χ3n) is 6.51. The average molecular weight is 509 g/mol. The Bertz CT molecular complexity index is 1190. The number of carbonyl (C=O) groups is 2. The van der Waals surface area contributed by atoms with Gasteiger partial charge in [0.15, 0.2) is 0 Å². The van der Waals surface area contributed by atoms with E-state index >= 15 is 0 Å². The molecule has 0 aliphatic carbocycles. The van der Waals surface area contributed by atoms with Gasteiger partial charge in [0.1, 0.15) is 24.7 Å². The lowest BCUT2D eigenvalue weighted by Crippen LogP contribution is -2.48. The van der Waals surface area contributed by atoms with Crippen molar-refractivity contribution in [2.45, 2.75) is 39.7 Å². The summed E-state index contributed by atoms with van der Waals surface area (Å²) in [5.74, 6) is 0.228. The van der Waals surface area contributed by atoms with Gasteiger partial charge in [-0.1, -0.05) is 37.6 Å². The number of halogens is 1. The van der Waals surface area contributed by atoms with E-state index in [1.54, 1.807) is 28.4 Å². The normalized spacial score (nSPS) is 15.0. The summed E-state index contributed by atoms with van der Waals surface area (Å²) in [6.07, 6.45) is 1.58. The van der Waals surface area contributed by atoms with E-state index in [1.807, 2.05) is 47.5 Å². The lowest BCUT2D eigenvalue weighted by Gasteiger charge is -2.37. The van der Waals surface area contributed by atoms with E-state index in [9.17, 15) is 14.0 Å². The molecule has 3 aromatic rings. The maximum Gasteiger partial charge on any atom is 0.254 e. The van der Waals surface area contributed by atoms with Crippen LogP contribution in [0.4, 0.5) is 4.39 Å². The van der Waals surface area contributed by atoms with E-state index in [0.717, 1.165) is 24.0 Å². The van der Waals surface area contributed by atoms with Gasteiger partial charge in [-0.05, 0) is 67.0 Å². The zero-order chi connectivity index (χ0) is 25.7. The second-order valence-corrected chi connectivity index (χ2v) is 10.7. The summed E-state index contributed by atoms with van der Waals surface area (Å²) in [5, 5.41) is 2.03. The molecule has 0 saturated heterocycles. The first-order valence-electron chi connectivity index (χ1n) is 12.4. The minimum Gasteiger partial charge on any atom is -0.491 e. The number of hydrogen-bond donors (Lipinski definition) is 0. The van der Waals surface area contributed by atoms with Crippen molar-refractivity contribution < 1.29 is 18.7 Å². The zero-order valence-corrected chi connectivity index (χ0v) is 21.9. The molecule has 1 aliphatic rings. The molecular weight excluding hydrogens is 475 g/mol. The highest BCUT2D eigenvalue weighted by Gasteiger charge is 2.33. The molecule has 1 aliphatic heterocycles. The van der Waals surface area contributed by atoms with Crippen LogP contribution >= 0.6 is 11.3 Å². The van der Waals surface area contributed by atoms with Crippen LogP contribution in [0.15, 0.2) is 60.0 Å². The number of amides is 2. The van der Waals surface area contributed by atoms with Crippen LogP contribution in [-0.2, 0) is 11.2 Å². The van der Waals surface area contributed by atoms with Gasteiger partial charge in [-0.25, -0.2) is 4.39 Å². The molecule has 1 atom stereocenters. The van der Waals surface area contributed by atoms with Crippen molar-refractivity contribution in [1.29, 1.82) is 0 Å². The molecule has 2 heterocycles. The Labute approximate surface area is 216 Å². The molecule has 2 amide bonds. The molecule has 0 unspecified atom stereocenters. The molecule has 0 fully saturated rings. The van der Waals surface area contributed by atoms with Crippen molar-refractivity contribution in [2.75, 3.05) is 26.2 Å². The maximum atomic E-state index is 13.7. The van der Waals surface area contributed by atoms with Gasteiger partial charge >= 0.3 is 0 Å². The molecular formula is C29H33FN2O3S. The van der Waals surface area contributed by atoms with Crippen LogP contribution < -0.4 is 4.74 Å². The highest BCUT2D eigenvalue weighted by molar-refractivity contribution is 7.10. The molecule has 0 saturated carbocycles. The molecule has 36 heavy (non-hydrogen) atoms. The third kappa shape index (κ3) is 6.32. The van der Waals surface area contributed by atoms with Crippen LogP contribution in [0.2, 0.25) is 0 Å². The molecule has 2 aromatic carbocycles. The first kappa shape index (κ1) is 25.9. The molecule has 0 bridgehead atoms. The van der Waals surface area contributed by atoms with Gasteiger partial charge in [0, 0.05) is 29.6 Å². The largest absolute Gasteiger partial charge is 0.491 e. The minimum absolute atomic E-state index is 0.00929. The van der Waals surface area contributed by atoms with Crippen LogP contribution in [0, 0.1) is 18.7 Å². The first-order valence-corrected chi connectivity index (χ1v) is 13.3. The van der Waals surface area contributed by atoms with E-state index < -0.39 is 0 Å². The standard InChI is InChI=1S/C29H33FN2O3S/c1-20(2)11-14-31(29(34)22-9-7-21(3)8-10-22)18-28(33)32-15-12-27-25(13-16-36-27)26(32)19-35-24-6-4-5-23(30)17-24/h4-10,13,16-17,20,26H,11-12,14-15,18-19H2,1-3H3/t26-/m0/s1. The molecule has 1 aromatic heterocycles. The molecule has 0 N–H and O–H groups in total. The summed E-state index contributed by atoms with van der Waals surface area (Å²) in [7, 11) is 0. The van der Waals surface area contributed by atoms with Crippen LogP contribution in [0.5, 0.6) is 5.75 Å². The van der Waals surface area contributed by atoms with E-state index in [1.165, 1.54) is 17.0 Å². The van der Waals surface area contributed by atoms with E-state index in [-0.39, 0.29) is 36.8 Å². The number of fused-ring (bicyclic) bond motifs is 1. The van der Waals surface area contributed by atoms with E-state index in [4.69, 9.17) is 4.74 Å². The second-order valence-electron chi connectivity index (χ2n) is 9.70. The highest BCUT2D eigenvalue weighted by Crippen LogP contribution is 2.34. The number of ether oxygens (including phenoxy) is 1. The number of rotatable bonds is 9. The fraction of sp³-hybridized carbons (Fsp3) is 0.379. The predicted molar refractivity (Wildman–Crippen MR) is 141 cm³/mol. The molecule has 4 rings (SSSR count). The lowest BCUT2D eigenvalue weighted by atomic mass is 10.00. The fourth-order valence-electron chi connectivity index (χ4n) is 4.41. The van der Waals surface area contributed by atoms with Gasteiger partial charge in [0.25, 0.3) is 5.91 Å². The monoisotopic (exact) mass is 508 g/mol. The topological polar surface area (TPSA) is 49.9 Å². The highest BCUT2D eigenvalue weighted by atomic mass is 32.1. The molecule has 7 heteroatoms. The van der Waals surface area contributed by atoms with E-state index in [0.29, 0.717) is 30.3 Å². The summed E-state index contributed by atoms with van der Waals surface area (Å²) in [6.45, 7) is 7.50. The van der Waals surface area contributed by atoms with Crippen LogP contribution in [-0.4, -0.2) is 47.9 Å². The summed E-state index contributed by atoms with van der Waals surface area (Å²) in [6, 6.07) is 15.2. The Morgan fingerprint density at radius 2 is 1.94 bits per heavy atom. The molecule has 0 spiro atoms.